The third-order valence-electron chi connectivity index (χ3n) is 6.53. The number of carbonyl (C=O) groups excluding carboxylic acids is 1. The van der Waals surface area contributed by atoms with Crippen LogP contribution in [0.25, 0.3) is 0 Å². The summed E-state index contributed by atoms with van der Waals surface area (Å²) in [5, 5.41) is 9.45. The number of hydrogen-bond donors (Lipinski definition) is 1. The number of likely N-dealkylation sites (tertiary alicyclic amines) is 1. The van der Waals surface area contributed by atoms with Gasteiger partial charge in [0.2, 0.25) is 0 Å². The summed E-state index contributed by atoms with van der Waals surface area (Å²) in [6.45, 7) is 8.35. The third-order valence-corrected chi connectivity index (χ3v) is 6.53. The molecule has 190 valence electrons. The lowest BCUT2D eigenvalue weighted by atomic mass is 9.85. The number of carbonyl (C=O) groups is 1. The highest BCUT2D eigenvalue weighted by Crippen LogP contribution is 2.28. The molecule has 0 aliphatic carbocycles. The van der Waals surface area contributed by atoms with Crippen molar-refractivity contribution in [1.82, 2.24) is 9.88 Å². The van der Waals surface area contributed by atoms with Crippen LogP contribution in [-0.4, -0.2) is 52.2 Å². The third kappa shape index (κ3) is 7.73. The molecular formula is C27H35F2N3O3. The molecule has 1 saturated heterocycles. The van der Waals surface area contributed by atoms with Gasteiger partial charge in [-0.3, -0.25) is 14.8 Å². The minimum Gasteiger partial charge on any atom is -0.506 e. The maximum atomic E-state index is 13.3. The van der Waals surface area contributed by atoms with E-state index in [2.05, 4.69) is 18.8 Å². The zero-order valence-electron chi connectivity index (χ0n) is 20.9. The first-order valence-electron chi connectivity index (χ1n) is 12.1. The van der Waals surface area contributed by atoms with Crippen LogP contribution >= 0.6 is 0 Å². The summed E-state index contributed by atoms with van der Waals surface area (Å²) >= 11 is 0. The normalized spacial score (nSPS) is 17.8. The number of amides is 1. The summed E-state index contributed by atoms with van der Waals surface area (Å²) < 4.78 is 32.2. The van der Waals surface area contributed by atoms with E-state index in [1.54, 1.807) is 12.1 Å². The van der Waals surface area contributed by atoms with Crippen molar-refractivity contribution >= 4 is 11.6 Å². The number of aliphatic imine (C=N–C) groups is 1. The standard InChI is InChI=1S/C27H35F2N3O3/c1-18(2)24(19(3)31-20(4)25-10-7-22(33)16-30-25)15-21-5-8-23(9-6-21)35-17-26(34)32-13-11-27(28,29)12-14-32/h5-10,16,18,20,24,33H,11-15,17H2,1-4H3. The van der Waals surface area contributed by atoms with Gasteiger partial charge < -0.3 is 14.7 Å². The minimum atomic E-state index is -2.68. The molecule has 0 bridgehead atoms. The fourth-order valence-corrected chi connectivity index (χ4v) is 4.27. The van der Waals surface area contributed by atoms with Crippen LogP contribution in [0.2, 0.25) is 0 Å². The SMILES string of the molecule is CC(=NC(C)c1ccc(O)cn1)C(Cc1ccc(OCC(=O)N2CCC(F)(F)CC2)cc1)C(C)C. The van der Waals surface area contributed by atoms with Crippen molar-refractivity contribution in [3.05, 3.63) is 53.9 Å². The summed E-state index contributed by atoms with van der Waals surface area (Å²) in [6, 6.07) is 10.9. The Morgan fingerprint density at radius 3 is 2.37 bits per heavy atom. The number of ether oxygens (including phenoxy) is 1. The Bertz CT molecular complexity index is 997. The Kier molecular flexibility index (Phi) is 8.81. The number of aromatic nitrogens is 1. The van der Waals surface area contributed by atoms with Gasteiger partial charge in [-0.1, -0.05) is 26.0 Å². The summed E-state index contributed by atoms with van der Waals surface area (Å²) in [6.07, 6.45) is 1.65. The van der Waals surface area contributed by atoms with Gasteiger partial charge in [0.25, 0.3) is 11.8 Å². The first-order valence-corrected chi connectivity index (χ1v) is 12.1. The van der Waals surface area contributed by atoms with Gasteiger partial charge in [-0.2, -0.15) is 0 Å². The van der Waals surface area contributed by atoms with E-state index in [0.29, 0.717) is 11.7 Å². The Morgan fingerprint density at radius 1 is 1.14 bits per heavy atom. The van der Waals surface area contributed by atoms with Gasteiger partial charge in [-0.25, -0.2) is 8.78 Å². The van der Waals surface area contributed by atoms with Crippen molar-refractivity contribution in [2.24, 2.45) is 16.8 Å². The molecule has 1 aromatic heterocycles. The van der Waals surface area contributed by atoms with E-state index in [4.69, 9.17) is 9.73 Å². The van der Waals surface area contributed by atoms with Crippen LogP contribution in [0.15, 0.2) is 47.6 Å². The lowest BCUT2D eigenvalue weighted by Gasteiger charge is -2.31. The summed E-state index contributed by atoms with van der Waals surface area (Å²) in [5.41, 5.74) is 2.98. The molecule has 1 N–H and O–H groups in total. The van der Waals surface area contributed by atoms with Crippen LogP contribution in [0, 0.1) is 11.8 Å². The van der Waals surface area contributed by atoms with Crippen LogP contribution in [-0.2, 0) is 11.2 Å². The molecule has 0 radical (unpaired) electrons. The predicted octanol–water partition coefficient (Wildman–Crippen LogP) is 5.46. The number of nitrogens with zero attached hydrogens (tertiary/aromatic N) is 3. The number of hydrogen-bond acceptors (Lipinski definition) is 5. The fraction of sp³-hybridized carbons (Fsp3) is 0.519. The number of benzene rings is 1. The molecule has 2 atom stereocenters. The van der Waals surface area contributed by atoms with E-state index in [1.165, 1.54) is 11.1 Å². The first kappa shape index (κ1) is 26.6. The van der Waals surface area contributed by atoms with Crippen molar-refractivity contribution in [2.75, 3.05) is 19.7 Å². The quantitative estimate of drug-likeness (QED) is 0.477. The maximum absolute atomic E-state index is 13.3. The molecule has 1 amide bonds. The summed E-state index contributed by atoms with van der Waals surface area (Å²) in [7, 11) is 0. The van der Waals surface area contributed by atoms with Crippen molar-refractivity contribution < 1.29 is 23.4 Å². The Hall–Kier alpha value is -3.03. The van der Waals surface area contributed by atoms with Crippen molar-refractivity contribution in [3.63, 3.8) is 0 Å². The van der Waals surface area contributed by atoms with Crippen LogP contribution in [0.4, 0.5) is 8.78 Å². The molecule has 1 fully saturated rings. The Morgan fingerprint density at radius 2 is 1.80 bits per heavy atom. The lowest BCUT2D eigenvalue weighted by Crippen LogP contribution is -2.44. The van der Waals surface area contributed by atoms with Gasteiger partial charge >= 0.3 is 0 Å². The van der Waals surface area contributed by atoms with E-state index in [0.717, 1.165) is 23.4 Å². The molecule has 35 heavy (non-hydrogen) atoms. The zero-order valence-corrected chi connectivity index (χ0v) is 20.9. The van der Waals surface area contributed by atoms with Crippen LogP contribution in [0.1, 0.15) is 57.8 Å². The van der Waals surface area contributed by atoms with Crippen LogP contribution in [0.5, 0.6) is 11.5 Å². The summed E-state index contributed by atoms with van der Waals surface area (Å²) in [5.74, 6) is -1.62. The van der Waals surface area contributed by atoms with E-state index >= 15 is 0 Å². The number of halogens is 2. The molecular weight excluding hydrogens is 452 g/mol. The van der Waals surface area contributed by atoms with E-state index in [9.17, 15) is 18.7 Å². The molecule has 3 rings (SSSR count). The summed E-state index contributed by atoms with van der Waals surface area (Å²) in [4.78, 5) is 22.9. The molecule has 6 nitrogen and oxygen atoms in total. The zero-order chi connectivity index (χ0) is 25.6. The number of alkyl halides is 2. The maximum Gasteiger partial charge on any atom is 0.260 e. The van der Waals surface area contributed by atoms with Gasteiger partial charge in [0, 0.05) is 37.6 Å². The minimum absolute atomic E-state index is 0.0625. The van der Waals surface area contributed by atoms with Gasteiger partial charge in [0.1, 0.15) is 11.5 Å². The monoisotopic (exact) mass is 487 g/mol. The van der Waals surface area contributed by atoms with Crippen LogP contribution in [0.3, 0.4) is 0 Å². The van der Waals surface area contributed by atoms with Crippen molar-refractivity contribution in [2.45, 2.75) is 58.9 Å². The largest absolute Gasteiger partial charge is 0.506 e. The fourth-order valence-electron chi connectivity index (χ4n) is 4.27. The molecule has 2 unspecified atom stereocenters. The van der Waals surface area contributed by atoms with Crippen LogP contribution < -0.4 is 4.74 Å². The van der Waals surface area contributed by atoms with E-state index in [1.807, 2.05) is 38.1 Å². The Balaban J connectivity index is 1.56. The first-order chi connectivity index (χ1) is 16.5. The number of piperidine rings is 1. The predicted molar refractivity (Wildman–Crippen MR) is 132 cm³/mol. The van der Waals surface area contributed by atoms with Gasteiger partial charge in [-0.05, 0) is 56.0 Å². The molecule has 0 saturated carbocycles. The van der Waals surface area contributed by atoms with Gasteiger partial charge in [0.05, 0.1) is 17.9 Å². The average molecular weight is 488 g/mol. The molecule has 0 spiro atoms. The molecule has 1 aliphatic rings. The number of pyridine rings is 1. The number of aromatic hydroxyl groups is 1. The van der Waals surface area contributed by atoms with E-state index < -0.39 is 5.92 Å². The molecule has 2 heterocycles. The lowest BCUT2D eigenvalue weighted by molar-refractivity contribution is -0.139. The topological polar surface area (TPSA) is 75.0 Å². The highest BCUT2D eigenvalue weighted by atomic mass is 19.3. The second-order valence-electron chi connectivity index (χ2n) is 9.61. The second-order valence-corrected chi connectivity index (χ2v) is 9.61. The number of rotatable bonds is 9. The molecule has 1 aliphatic heterocycles. The van der Waals surface area contributed by atoms with Crippen molar-refractivity contribution in [1.29, 1.82) is 0 Å². The molecule has 2 aromatic rings. The van der Waals surface area contributed by atoms with Gasteiger partial charge in [-0.15, -0.1) is 0 Å². The van der Waals surface area contributed by atoms with Crippen molar-refractivity contribution in [3.8, 4) is 11.5 Å². The second kappa shape index (κ2) is 11.6. The molecule has 1 aromatic carbocycles. The Labute approximate surface area is 206 Å². The van der Waals surface area contributed by atoms with Gasteiger partial charge in [0.15, 0.2) is 6.61 Å². The highest BCUT2D eigenvalue weighted by Gasteiger charge is 2.35. The molecule has 8 heteroatoms. The smallest absolute Gasteiger partial charge is 0.260 e. The highest BCUT2D eigenvalue weighted by molar-refractivity contribution is 5.85. The average Bonchev–Trinajstić information content (AvgIpc) is 2.81. The van der Waals surface area contributed by atoms with E-state index in [-0.39, 0.29) is 56.2 Å².